The number of nitrogens with zero attached hydrogens (tertiary/aromatic N) is 4. The summed E-state index contributed by atoms with van der Waals surface area (Å²) in [5, 5.41) is 16.9. The van der Waals surface area contributed by atoms with Crippen molar-refractivity contribution in [2.45, 2.75) is 0 Å². The highest BCUT2D eigenvalue weighted by Crippen LogP contribution is 2.31. The smallest absolute Gasteiger partial charge is 0.353 e. The molecule has 27 heavy (non-hydrogen) atoms. The first-order valence-electron chi connectivity index (χ1n) is 8.30. The molecule has 0 amide bonds. The van der Waals surface area contributed by atoms with Gasteiger partial charge < -0.3 is 15.4 Å². The molecule has 0 atom stereocenters. The van der Waals surface area contributed by atoms with Crippen molar-refractivity contribution in [3.8, 4) is 0 Å². The van der Waals surface area contributed by atoms with E-state index < -0.39 is 22.2 Å². The molecule has 0 spiro atoms. The molecule has 2 aromatic rings. The number of ether oxygens (including phenoxy) is 1. The number of anilines is 3. The Morgan fingerprint density at radius 3 is 2.70 bits per heavy atom. The highest BCUT2D eigenvalue weighted by Gasteiger charge is 2.24. The standard InChI is InChI=1S/C16H18F2N6O3/c17-11-1-2-12(18)13(9-11)22-16-14(24(25)26)15(20-10-21-16)19-3-4-23-5-7-27-8-6-23/h1-2,9-10H,3-8H2,(H2,19,20,21,22). The zero-order valence-electron chi connectivity index (χ0n) is 14.3. The molecular formula is C16H18F2N6O3. The van der Waals surface area contributed by atoms with Crippen molar-refractivity contribution in [1.82, 2.24) is 14.9 Å². The molecule has 1 fully saturated rings. The first-order valence-corrected chi connectivity index (χ1v) is 8.30. The van der Waals surface area contributed by atoms with E-state index in [-0.39, 0.29) is 17.3 Å². The van der Waals surface area contributed by atoms with Crippen molar-refractivity contribution in [3.63, 3.8) is 0 Å². The molecule has 1 aliphatic rings. The molecule has 1 aliphatic heterocycles. The number of rotatable bonds is 7. The van der Waals surface area contributed by atoms with Gasteiger partial charge in [-0.05, 0) is 12.1 Å². The topological polar surface area (TPSA) is 105 Å². The summed E-state index contributed by atoms with van der Waals surface area (Å²) in [7, 11) is 0. The number of aromatic nitrogens is 2. The third kappa shape index (κ3) is 4.83. The van der Waals surface area contributed by atoms with Crippen molar-refractivity contribution in [2.75, 3.05) is 50.0 Å². The minimum atomic E-state index is -0.758. The Labute approximate surface area is 153 Å². The molecule has 0 bridgehead atoms. The Morgan fingerprint density at radius 1 is 1.22 bits per heavy atom. The molecule has 2 N–H and O–H groups in total. The summed E-state index contributed by atoms with van der Waals surface area (Å²) in [5.41, 5.74) is -0.695. The molecule has 144 valence electrons. The Balaban J connectivity index is 1.75. The Kier molecular flexibility index (Phi) is 6.04. The van der Waals surface area contributed by atoms with E-state index in [9.17, 15) is 18.9 Å². The summed E-state index contributed by atoms with van der Waals surface area (Å²) in [6.07, 6.45) is 1.11. The van der Waals surface area contributed by atoms with Gasteiger partial charge in [-0.1, -0.05) is 0 Å². The highest BCUT2D eigenvalue weighted by molar-refractivity contribution is 5.73. The van der Waals surface area contributed by atoms with E-state index in [2.05, 4.69) is 25.5 Å². The van der Waals surface area contributed by atoms with Gasteiger partial charge in [0.1, 0.15) is 18.0 Å². The lowest BCUT2D eigenvalue weighted by Crippen LogP contribution is -2.39. The van der Waals surface area contributed by atoms with Crippen LogP contribution in [-0.2, 0) is 4.74 Å². The fourth-order valence-electron chi connectivity index (χ4n) is 2.65. The SMILES string of the molecule is O=[N+]([O-])c1c(NCCN2CCOCC2)ncnc1Nc1cc(F)ccc1F. The van der Waals surface area contributed by atoms with Gasteiger partial charge in [0.2, 0.25) is 11.6 Å². The van der Waals surface area contributed by atoms with Crippen LogP contribution < -0.4 is 10.6 Å². The fraction of sp³-hybridized carbons (Fsp3) is 0.375. The van der Waals surface area contributed by atoms with Crippen molar-refractivity contribution in [1.29, 1.82) is 0 Å². The molecule has 2 heterocycles. The number of benzene rings is 1. The Bertz CT molecular complexity index is 817. The monoisotopic (exact) mass is 380 g/mol. The first kappa shape index (κ1) is 18.9. The summed E-state index contributed by atoms with van der Waals surface area (Å²) >= 11 is 0. The van der Waals surface area contributed by atoms with E-state index in [1.54, 1.807) is 0 Å². The number of hydrogen-bond acceptors (Lipinski definition) is 8. The Morgan fingerprint density at radius 2 is 1.96 bits per heavy atom. The molecule has 0 aliphatic carbocycles. The lowest BCUT2D eigenvalue weighted by molar-refractivity contribution is -0.383. The lowest BCUT2D eigenvalue weighted by Gasteiger charge is -2.26. The quantitative estimate of drug-likeness (QED) is 0.556. The molecule has 1 aromatic carbocycles. The number of halogens is 2. The third-order valence-corrected chi connectivity index (χ3v) is 4.01. The van der Waals surface area contributed by atoms with Gasteiger partial charge in [-0.25, -0.2) is 18.7 Å². The fourth-order valence-corrected chi connectivity index (χ4v) is 2.65. The number of nitrogens with one attached hydrogen (secondary N) is 2. The van der Waals surface area contributed by atoms with Crippen LogP contribution in [0.5, 0.6) is 0 Å². The van der Waals surface area contributed by atoms with E-state index in [0.29, 0.717) is 26.3 Å². The largest absolute Gasteiger partial charge is 0.379 e. The van der Waals surface area contributed by atoms with Crippen molar-refractivity contribution in [3.05, 3.63) is 46.3 Å². The van der Waals surface area contributed by atoms with Gasteiger partial charge in [-0.15, -0.1) is 0 Å². The van der Waals surface area contributed by atoms with Crippen LogP contribution in [0.4, 0.5) is 31.8 Å². The molecule has 3 rings (SSSR count). The third-order valence-electron chi connectivity index (χ3n) is 4.01. The first-order chi connectivity index (χ1) is 13.0. The molecular weight excluding hydrogens is 362 g/mol. The molecule has 1 aromatic heterocycles. The molecule has 1 saturated heterocycles. The van der Waals surface area contributed by atoms with E-state index in [1.807, 2.05) is 0 Å². The molecule has 11 heteroatoms. The van der Waals surface area contributed by atoms with Crippen LogP contribution in [-0.4, -0.2) is 59.2 Å². The number of nitro groups is 1. The maximum absolute atomic E-state index is 13.8. The summed E-state index contributed by atoms with van der Waals surface area (Å²) in [4.78, 5) is 20.7. The highest BCUT2D eigenvalue weighted by atomic mass is 19.1. The molecule has 0 saturated carbocycles. The minimum Gasteiger partial charge on any atom is -0.379 e. The van der Waals surface area contributed by atoms with Crippen LogP contribution >= 0.6 is 0 Å². The van der Waals surface area contributed by atoms with E-state index in [1.165, 1.54) is 0 Å². The number of hydrogen-bond donors (Lipinski definition) is 2. The van der Waals surface area contributed by atoms with Crippen LogP contribution in [0.25, 0.3) is 0 Å². The maximum Gasteiger partial charge on any atom is 0.353 e. The average Bonchev–Trinajstić information content (AvgIpc) is 2.65. The number of morpholine rings is 1. The zero-order chi connectivity index (χ0) is 19.2. The van der Waals surface area contributed by atoms with Gasteiger partial charge in [-0.3, -0.25) is 15.0 Å². The van der Waals surface area contributed by atoms with E-state index in [0.717, 1.165) is 37.6 Å². The summed E-state index contributed by atoms with van der Waals surface area (Å²) < 4.78 is 32.4. The maximum atomic E-state index is 13.8. The van der Waals surface area contributed by atoms with Gasteiger partial charge in [0.15, 0.2) is 0 Å². The molecule has 9 nitrogen and oxygen atoms in total. The summed E-state index contributed by atoms with van der Waals surface area (Å²) in [6, 6.07) is 2.77. The average molecular weight is 380 g/mol. The zero-order valence-corrected chi connectivity index (χ0v) is 14.3. The Hall–Kier alpha value is -2.92. The predicted molar refractivity (Wildman–Crippen MR) is 94.1 cm³/mol. The lowest BCUT2D eigenvalue weighted by atomic mass is 10.3. The van der Waals surface area contributed by atoms with E-state index in [4.69, 9.17) is 4.74 Å². The summed E-state index contributed by atoms with van der Waals surface area (Å²) in [5.74, 6) is -1.67. The second-order valence-corrected chi connectivity index (χ2v) is 5.81. The van der Waals surface area contributed by atoms with Crippen LogP contribution in [0.3, 0.4) is 0 Å². The van der Waals surface area contributed by atoms with Gasteiger partial charge in [0.05, 0.1) is 23.8 Å². The van der Waals surface area contributed by atoms with Gasteiger partial charge in [0, 0.05) is 32.2 Å². The van der Waals surface area contributed by atoms with Crippen LogP contribution in [0.15, 0.2) is 24.5 Å². The predicted octanol–water partition coefficient (Wildman–Crippen LogP) is 2.15. The molecule has 0 unspecified atom stereocenters. The van der Waals surface area contributed by atoms with Gasteiger partial charge in [0.25, 0.3) is 0 Å². The van der Waals surface area contributed by atoms with Crippen molar-refractivity contribution >= 4 is 23.0 Å². The normalized spacial score (nSPS) is 14.7. The van der Waals surface area contributed by atoms with Crippen molar-refractivity contribution < 1.29 is 18.4 Å². The molecule has 0 radical (unpaired) electrons. The van der Waals surface area contributed by atoms with Crippen LogP contribution in [0.2, 0.25) is 0 Å². The second kappa shape index (κ2) is 8.64. The van der Waals surface area contributed by atoms with Crippen molar-refractivity contribution in [2.24, 2.45) is 0 Å². The second-order valence-electron chi connectivity index (χ2n) is 5.81. The van der Waals surface area contributed by atoms with E-state index >= 15 is 0 Å². The van der Waals surface area contributed by atoms with Gasteiger partial charge in [-0.2, -0.15) is 0 Å². The van der Waals surface area contributed by atoms with Crippen LogP contribution in [0.1, 0.15) is 0 Å². The minimum absolute atomic E-state index is 0.00238. The summed E-state index contributed by atoms with van der Waals surface area (Å²) in [6.45, 7) is 3.97. The van der Waals surface area contributed by atoms with Crippen LogP contribution in [0, 0.1) is 21.7 Å². The van der Waals surface area contributed by atoms with Gasteiger partial charge >= 0.3 is 5.69 Å².